The van der Waals surface area contributed by atoms with Crippen LogP contribution in [0.5, 0.6) is 0 Å². The van der Waals surface area contributed by atoms with E-state index in [1.54, 1.807) is 0 Å². The van der Waals surface area contributed by atoms with Crippen LogP contribution in [0.25, 0.3) is 0 Å². The van der Waals surface area contributed by atoms with Crippen molar-refractivity contribution in [1.29, 1.82) is 5.26 Å². The quantitative estimate of drug-likeness (QED) is 0.892. The highest BCUT2D eigenvalue weighted by Crippen LogP contribution is 2.08. The van der Waals surface area contributed by atoms with E-state index in [1.807, 2.05) is 45.0 Å². The van der Waals surface area contributed by atoms with Crippen LogP contribution in [0.15, 0.2) is 24.3 Å². The van der Waals surface area contributed by atoms with Crippen LogP contribution in [0.4, 0.5) is 4.79 Å². The molecule has 1 aromatic rings. The van der Waals surface area contributed by atoms with Gasteiger partial charge in [-0.3, -0.25) is 0 Å². The van der Waals surface area contributed by atoms with E-state index < -0.39 is 11.7 Å². The first-order chi connectivity index (χ1) is 8.40. The van der Waals surface area contributed by atoms with Crippen molar-refractivity contribution in [3.05, 3.63) is 35.4 Å². The minimum absolute atomic E-state index is 0.375. The number of carbonyl (C=O) groups is 1. The van der Waals surface area contributed by atoms with Crippen LogP contribution in [0, 0.1) is 11.3 Å². The van der Waals surface area contributed by atoms with Gasteiger partial charge in [-0.25, -0.2) is 4.79 Å². The largest absolute Gasteiger partial charge is 0.444 e. The Morgan fingerprint density at radius 1 is 1.39 bits per heavy atom. The number of amides is 1. The first-order valence-corrected chi connectivity index (χ1v) is 5.82. The normalized spacial score (nSPS) is 10.6. The van der Waals surface area contributed by atoms with Crippen LogP contribution in [0.2, 0.25) is 0 Å². The summed E-state index contributed by atoms with van der Waals surface area (Å²) in [6.45, 7) is 5.86. The average Bonchev–Trinajstić information content (AvgIpc) is 2.25. The number of rotatable bonds is 3. The summed E-state index contributed by atoms with van der Waals surface area (Å²) in [4.78, 5) is 11.5. The maximum atomic E-state index is 11.5. The lowest BCUT2D eigenvalue weighted by atomic mass is 10.1. The number of hydrogen-bond donors (Lipinski definition) is 1. The van der Waals surface area contributed by atoms with Crippen LogP contribution in [-0.2, 0) is 17.7 Å². The fourth-order valence-electron chi connectivity index (χ4n) is 1.43. The molecule has 0 bridgehead atoms. The summed E-state index contributed by atoms with van der Waals surface area (Å²) >= 11 is 0. The van der Waals surface area contributed by atoms with Crippen molar-refractivity contribution in [1.82, 2.24) is 5.32 Å². The number of alkyl carbamates (subject to hydrolysis) is 1. The molecule has 0 spiro atoms. The van der Waals surface area contributed by atoms with Crippen molar-refractivity contribution in [2.24, 2.45) is 0 Å². The Kier molecular flexibility index (Phi) is 4.73. The number of hydrogen-bond acceptors (Lipinski definition) is 3. The minimum Gasteiger partial charge on any atom is -0.444 e. The number of carbonyl (C=O) groups excluding carboxylic acids is 1. The van der Waals surface area contributed by atoms with Gasteiger partial charge in [0.15, 0.2) is 0 Å². The fraction of sp³-hybridized carbons (Fsp3) is 0.429. The Morgan fingerprint density at radius 3 is 2.67 bits per heavy atom. The van der Waals surface area contributed by atoms with Gasteiger partial charge in [-0.15, -0.1) is 0 Å². The maximum Gasteiger partial charge on any atom is 0.407 e. The third-order valence-corrected chi connectivity index (χ3v) is 2.11. The number of nitriles is 1. The van der Waals surface area contributed by atoms with E-state index in [1.165, 1.54) is 0 Å². The van der Waals surface area contributed by atoms with Gasteiger partial charge in [-0.1, -0.05) is 24.3 Å². The fourth-order valence-corrected chi connectivity index (χ4v) is 1.43. The van der Waals surface area contributed by atoms with E-state index in [0.717, 1.165) is 11.1 Å². The van der Waals surface area contributed by atoms with Gasteiger partial charge < -0.3 is 10.1 Å². The van der Waals surface area contributed by atoms with E-state index >= 15 is 0 Å². The number of benzene rings is 1. The van der Waals surface area contributed by atoms with Crippen LogP contribution >= 0.6 is 0 Å². The van der Waals surface area contributed by atoms with Crippen molar-refractivity contribution in [2.75, 3.05) is 0 Å². The highest BCUT2D eigenvalue weighted by molar-refractivity contribution is 5.67. The molecular weight excluding hydrogens is 228 g/mol. The molecule has 0 atom stereocenters. The van der Waals surface area contributed by atoms with Crippen molar-refractivity contribution in [2.45, 2.75) is 39.3 Å². The Labute approximate surface area is 108 Å². The standard InChI is InChI=1S/C14H18N2O2/c1-14(2,3)18-13(17)16-10-12-6-4-5-11(9-12)7-8-15/h4-6,9H,7,10H2,1-3H3,(H,16,17). The zero-order chi connectivity index (χ0) is 13.6. The molecule has 0 aliphatic carbocycles. The summed E-state index contributed by atoms with van der Waals surface area (Å²) in [5.74, 6) is 0. The second kappa shape index (κ2) is 6.06. The number of nitrogens with zero attached hydrogens (tertiary/aromatic N) is 1. The molecule has 18 heavy (non-hydrogen) atoms. The van der Waals surface area contributed by atoms with Gasteiger partial charge in [0.1, 0.15) is 5.60 Å². The topological polar surface area (TPSA) is 62.1 Å². The molecule has 0 saturated heterocycles. The molecule has 1 rings (SSSR count). The molecule has 1 amide bonds. The first-order valence-electron chi connectivity index (χ1n) is 5.82. The molecule has 0 aliphatic rings. The molecule has 1 N–H and O–H groups in total. The Bertz CT molecular complexity index is 456. The first kappa shape index (κ1) is 14.0. The highest BCUT2D eigenvalue weighted by Gasteiger charge is 2.15. The van der Waals surface area contributed by atoms with E-state index in [0.29, 0.717) is 13.0 Å². The number of ether oxygens (including phenoxy) is 1. The monoisotopic (exact) mass is 246 g/mol. The predicted octanol–water partition coefficient (Wildman–Crippen LogP) is 2.78. The van der Waals surface area contributed by atoms with Gasteiger partial charge in [0.2, 0.25) is 0 Å². The van der Waals surface area contributed by atoms with Crippen molar-refractivity contribution < 1.29 is 9.53 Å². The molecule has 4 heteroatoms. The molecule has 1 aromatic carbocycles. The second-order valence-electron chi connectivity index (χ2n) is 5.01. The van der Waals surface area contributed by atoms with Crippen molar-refractivity contribution in [3.63, 3.8) is 0 Å². The Balaban J connectivity index is 2.51. The van der Waals surface area contributed by atoms with Crippen LogP contribution in [0.3, 0.4) is 0 Å². The van der Waals surface area contributed by atoms with Gasteiger partial charge >= 0.3 is 6.09 Å². The molecule has 0 aromatic heterocycles. The summed E-state index contributed by atoms with van der Waals surface area (Å²) < 4.78 is 5.13. The second-order valence-corrected chi connectivity index (χ2v) is 5.01. The van der Waals surface area contributed by atoms with Crippen molar-refractivity contribution >= 4 is 6.09 Å². The molecule has 0 fully saturated rings. The Hall–Kier alpha value is -2.02. The molecule has 0 heterocycles. The number of nitrogens with one attached hydrogen (secondary N) is 1. The van der Waals surface area contributed by atoms with Gasteiger partial charge in [-0.2, -0.15) is 5.26 Å². The zero-order valence-corrected chi connectivity index (χ0v) is 11.0. The summed E-state index contributed by atoms with van der Waals surface area (Å²) in [6.07, 6.45) is -0.0616. The Morgan fingerprint density at radius 2 is 2.06 bits per heavy atom. The van der Waals surface area contributed by atoms with Gasteiger partial charge in [0, 0.05) is 6.54 Å². The third-order valence-electron chi connectivity index (χ3n) is 2.11. The maximum absolute atomic E-state index is 11.5. The summed E-state index contributed by atoms with van der Waals surface area (Å²) in [7, 11) is 0. The van der Waals surface area contributed by atoms with Gasteiger partial charge in [0.25, 0.3) is 0 Å². The third kappa shape index (κ3) is 5.35. The van der Waals surface area contributed by atoms with Crippen molar-refractivity contribution in [3.8, 4) is 6.07 Å². The summed E-state index contributed by atoms with van der Waals surface area (Å²) in [6, 6.07) is 9.66. The molecular formula is C14H18N2O2. The predicted molar refractivity (Wildman–Crippen MR) is 68.8 cm³/mol. The van der Waals surface area contributed by atoms with E-state index in [9.17, 15) is 4.79 Å². The van der Waals surface area contributed by atoms with Gasteiger partial charge in [-0.05, 0) is 31.9 Å². The zero-order valence-electron chi connectivity index (χ0n) is 11.0. The van der Waals surface area contributed by atoms with Crippen LogP contribution < -0.4 is 5.32 Å². The molecule has 0 saturated carbocycles. The van der Waals surface area contributed by atoms with Crippen LogP contribution in [0.1, 0.15) is 31.9 Å². The molecule has 0 aliphatic heterocycles. The highest BCUT2D eigenvalue weighted by atomic mass is 16.6. The van der Waals surface area contributed by atoms with E-state index in [-0.39, 0.29) is 0 Å². The smallest absolute Gasteiger partial charge is 0.407 e. The molecule has 0 unspecified atom stereocenters. The van der Waals surface area contributed by atoms with E-state index in [2.05, 4.69) is 11.4 Å². The van der Waals surface area contributed by atoms with E-state index in [4.69, 9.17) is 10.00 Å². The molecule has 96 valence electrons. The average molecular weight is 246 g/mol. The van der Waals surface area contributed by atoms with Crippen LogP contribution in [-0.4, -0.2) is 11.7 Å². The van der Waals surface area contributed by atoms with Gasteiger partial charge in [0.05, 0.1) is 12.5 Å². The SMILES string of the molecule is CC(C)(C)OC(=O)NCc1cccc(CC#N)c1. The lowest BCUT2D eigenvalue weighted by Crippen LogP contribution is -2.32. The lowest BCUT2D eigenvalue weighted by Gasteiger charge is -2.19. The molecule has 4 nitrogen and oxygen atoms in total. The minimum atomic E-state index is -0.493. The summed E-state index contributed by atoms with van der Waals surface area (Å²) in [5.41, 5.74) is 1.40. The summed E-state index contributed by atoms with van der Waals surface area (Å²) in [5, 5.41) is 11.3. The lowest BCUT2D eigenvalue weighted by molar-refractivity contribution is 0.0523. The molecule has 0 radical (unpaired) electrons.